The van der Waals surface area contributed by atoms with Gasteiger partial charge in [-0.15, -0.1) is 0 Å². The summed E-state index contributed by atoms with van der Waals surface area (Å²) >= 11 is 5.84. The molecule has 0 atom stereocenters. The first-order chi connectivity index (χ1) is 12.1. The fourth-order valence-electron chi connectivity index (χ4n) is 2.91. The van der Waals surface area contributed by atoms with Gasteiger partial charge < -0.3 is 4.57 Å². The summed E-state index contributed by atoms with van der Waals surface area (Å²) in [6.07, 6.45) is 3.63. The topological polar surface area (TPSA) is 52.7 Å². The van der Waals surface area contributed by atoms with Gasteiger partial charge in [0.05, 0.1) is 17.9 Å². The van der Waals surface area contributed by atoms with Crippen molar-refractivity contribution in [2.75, 3.05) is 0 Å². The maximum Gasteiger partial charge on any atom is 0.354 e. The third kappa shape index (κ3) is 2.94. The van der Waals surface area contributed by atoms with Gasteiger partial charge in [0.2, 0.25) is 0 Å². The molecule has 0 amide bonds. The minimum Gasteiger partial charge on any atom is -0.327 e. The Bertz CT molecular complexity index is 1070. The quantitative estimate of drug-likeness (QED) is 0.531. The van der Waals surface area contributed by atoms with Gasteiger partial charge in [0.25, 0.3) is 0 Å². The van der Waals surface area contributed by atoms with Crippen molar-refractivity contribution in [2.24, 2.45) is 0 Å². The highest BCUT2D eigenvalue weighted by molar-refractivity contribution is 6.29. The van der Waals surface area contributed by atoms with Crippen LogP contribution in [-0.4, -0.2) is 19.1 Å². The summed E-state index contributed by atoms with van der Waals surface area (Å²) in [5.41, 5.74) is 3.39. The van der Waals surface area contributed by atoms with E-state index in [1.165, 1.54) is 0 Å². The van der Waals surface area contributed by atoms with Crippen LogP contribution in [0.5, 0.6) is 0 Å². The number of rotatable bonds is 3. The second-order valence-electron chi connectivity index (χ2n) is 5.90. The summed E-state index contributed by atoms with van der Waals surface area (Å²) < 4.78 is 3.58. The minimum atomic E-state index is -0.283. The monoisotopic (exact) mass is 350 g/mol. The van der Waals surface area contributed by atoms with Crippen LogP contribution in [0.2, 0.25) is 5.15 Å². The van der Waals surface area contributed by atoms with E-state index < -0.39 is 0 Å². The van der Waals surface area contributed by atoms with E-state index in [1.54, 1.807) is 16.8 Å². The van der Waals surface area contributed by atoms with Crippen LogP contribution >= 0.6 is 11.6 Å². The number of imidazole rings is 1. The van der Waals surface area contributed by atoms with E-state index in [9.17, 15) is 4.79 Å². The molecule has 0 radical (unpaired) electrons. The lowest BCUT2D eigenvalue weighted by atomic mass is 10.2. The Balaban J connectivity index is 1.79. The van der Waals surface area contributed by atoms with E-state index in [2.05, 4.69) is 9.97 Å². The maximum atomic E-state index is 12.5. The molecule has 5 nitrogen and oxygen atoms in total. The average molecular weight is 351 g/mol. The average Bonchev–Trinajstić information content (AvgIpc) is 2.94. The van der Waals surface area contributed by atoms with Gasteiger partial charge in [0.15, 0.2) is 5.82 Å². The highest BCUT2D eigenvalue weighted by Gasteiger charge is 2.18. The highest BCUT2D eigenvalue weighted by atomic mass is 35.5. The number of aryl methyl sites for hydroxylation is 1. The molecule has 1 aromatic heterocycles. The molecule has 0 fully saturated rings. The lowest BCUT2D eigenvalue weighted by molar-refractivity contribution is 0.779. The molecule has 1 aromatic carbocycles. The molecule has 25 heavy (non-hydrogen) atoms. The Morgan fingerprint density at radius 3 is 2.76 bits per heavy atom. The normalized spacial score (nSPS) is 11.1. The van der Waals surface area contributed by atoms with Crippen molar-refractivity contribution in [3.63, 3.8) is 0 Å². The molecule has 0 spiro atoms. The second kappa shape index (κ2) is 6.18. The van der Waals surface area contributed by atoms with Crippen LogP contribution in [0.1, 0.15) is 11.1 Å². The van der Waals surface area contributed by atoms with Gasteiger partial charge in [0.1, 0.15) is 5.15 Å². The van der Waals surface area contributed by atoms with Crippen molar-refractivity contribution in [3.8, 4) is 17.2 Å². The van der Waals surface area contributed by atoms with E-state index in [-0.39, 0.29) is 5.69 Å². The summed E-state index contributed by atoms with van der Waals surface area (Å²) in [7, 11) is 0. The lowest BCUT2D eigenvalue weighted by Crippen LogP contribution is -2.14. The summed E-state index contributed by atoms with van der Waals surface area (Å²) in [6.45, 7) is 2.56. The van der Waals surface area contributed by atoms with Crippen LogP contribution in [0.15, 0.2) is 65.7 Å². The van der Waals surface area contributed by atoms with E-state index in [0.29, 0.717) is 17.5 Å². The van der Waals surface area contributed by atoms with Gasteiger partial charge in [-0.25, -0.2) is 9.78 Å². The molecule has 0 saturated heterocycles. The van der Waals surface area contributed by atoms with E-state index in [0.717, 1.165) is 22.5 Å². The predicted octanol–water partition coefficient (Wildman–Crippen LogP) is 3.54. The molecular formula is C19H15ClN4O. The fourth-order valence-corrected chi connectivity index (χ4v) is 3.02. The van der Waals surface area contributed by atoms with E-state index in [1.807, 2.05) is 60.2 Å². The number of fused-ring (bicyclic) bond motifs is 1. The van der Waals surface area contributed by atoms with Crippen LogP contribution in [0.3, 0.4) is 0 Å². The lowest BCUT2D eigenvalue weighted by Gasteiger charge is -2.13. The number of hydrogen-bond acceptors (Lipinski definition) is 3. The third-order valence-electron chi connectivity index (χ3n) is 4.06. The van der Waals surface area contributed by atoms with Crippen LogP contribution in [-0.2, 0) is 6.54 Å². The molecule has 4 rings (SSSR count). The van der Waals surface area contributed by atoms with E-state index >= 15 is 0 Å². The number of halogens is 1. The van der Waals surface area contributed by atoms with Crippen molar-refractivity contribution < 1.29 is 0 Å². The minimum absolute atomic E-state index is 0.283. The molecule has 0 bridgehead atoms. The summed E-state index contributed by atoms with van der Waals surface area (Å²) in [6, 6.07) is 15.3. The second-order valence-corrected chi connectivity index (χ2v) is 6.29. The molecule has 2 aliphatic rings. The molecule has 0 saturated carbocycles. The predicted molar refractivity (Wildman–Crippen MR) is 97.5 cm³/mol. The van der Waals surface area contributed by atoms with Crippen LogP contribution < -0.4 is 5.69 Å². The molecule has 6 heteroatoms. The van der Waals surface area contributed by atoms with Crippen molar-refractivity contribution in [1.29, 1.82) is 0 Å². The molecule has 124 valence electrons. The molecular weight excluding hydrogens is 336 g/mol. The maximum absolute atomic E-state index is 12.5. The SMILES string of the molecule is Cc1cccc(-n2c3cccn(Cc4ccc(Cl)nc4)c-3nc2=O)c1. The Morgan fingerprint density at radius 2 is 2.00 bits per heavy atom. The molecule has 3 heterocycles. The summed E-state index contributed by atoms with van der Waals surface area (Å²) in [5, 5.41) is 0.456. The fraction of sp³-hybridized carbons (Fsp3) is 0.105. The van der Waals surface area contributed by atoms with E-state index in [4.69, 9.17) is 11.6 Å². The molecule has 0 aliphatic carbocycles. The Morgan fingerprint density at radius 1 is 1.12 bits per heavy atom. The number of aromatic nitrogens is 4. The number of hydrogen-bond donors (Lipinski definition) is 0. The highest BCUT2D eigenvalue weighted by Crippen LogP contribution is 2.22. The van der Waals surface area contributed by atoms with Crippen LogP contribution in [0.4, 0.5) is 0 Å². The number of nitrogens with zero attached hydrogens (tertiary/aromatic N) is 4. The first kappa shape index (κ1) is 15.6. The third-order valence-corrected chi connectivity index (χ3v) is 4.28. The van der Waals surface area contributed by atoms with Gasteiger partial charge in [0, 0.05) is 12.4 Å². The van der Waals surface area contributed by atoms with Crippen molar-refractivity contribution in [2.45, 2.75) is 13.5 Å². The van der Waals surface area contributed by atoms with Crippen LogP contribution in [0.25, 0.3) is 17.2 Å². The zero-order chi connectivity index (χ0) is 17.4. The van der Waals surface area contributed by atoms with Gasteiger partial charge in [-0.05, 0) is 48.4 Å². The summed E-state index contributed by atoms with van der Waals surface area (Å²) in [5.74, 6) is 0.643. The molecule has 2 aliphatic heterocycles. The van der Waals surface area contributed by atoms with Crippen LogP contribution in [0, 0.1) is 6.92 Å². The van der Waals surface area contributed by atoms with Crippen molar-refractivity contribution in [1.82, 2.24) is 19.1 Å². The smallest absolute Gasteiger partial charge is 0.327 e. The van der Waals surface area contributed by atoms with Crippen molar-refractivity contribution >= 4 is 11.6 Å². The molecule has 0 N–H and O–H groups in total. The van der Waals surface area contributed by atoms with Gasteiger partial charge in [-0.3, -0.25) is 4.57 Å². The first-order valence-corrected chi connectivity index (χ1v) is 8.25. The Labute approximate surface area is 149 Å². The standard InChI is InChI=1S/C19H15ClN4O/c1-13-4-2-5-15(10-13)24-16-6-3-9-23(18(16)22-19(24)25)12-14-7-8-17(20)21-11-14/h2-11H,12H2,1H3. The first-order valence-electron chi connectivity index (χ1n) is 7.87. The number of benzene rings is 1. The Hall–Kier alpha value is -2.92. The molecule has 0 unspecified atom stereocenters. The largest absolute Gasteiger partial charge is 0.354 e. The Kier molecular flexibility index (Phi) is 3.86. The van der Waals surface area contributed by atoms with Gasteiger partial charge >= 0.3 is 5.69 Å². The van der Waals surface area contributed by atoms with Gasteiger partial charge in [-0.1, -0.05) is 29.8 Å². The number of pyridine rings is 2. The summed E-state index contributed by atoms with van der Waals surface area (Å²) in [4.78, 5) is 20.9. The molecule has 2 aromatic rings. The van der Waals surface area contributed by atoms with Crippen molar-refractivity contribution in [3.05, 3.63) is 87.7 Å². The zero-order valence-electron chi connectivity index (χ0n) is 13.6. The van der Waals surface area contributed by atoms with Gasteiger partial charge in [-0.2, -0.15) is 4.98 Å². The zero-order valence-corrected chi connectivity index (χ0v) is 14.3.